The molecule has 32 heavy (non-hydrogen) atoms. The van der Waals surface area contributed by atoms with Gasteiger partial charge in [0.2, 0.25) is 5.95 Å². The number of aliphatic imine (C=N–C) groups is 1. The lowest BCUT2D eigenvalue weighted by molar-refractivity contribution is 0.102. The number of nitrogens with zero attached hydrogens (tertiary/aromatic N) is 3. The first-order valence-electron chi connectivity index (χ1n) is 9.15. The van der Waals surface area contributed by atoms with Crippen LogP contribution < -0.4 is 21.9 Å². The van der Waals surface area contributed by atoms with E-state index in [1.807, 2.05) is 13.0 Å². The van der Waals surface area contributed by atoms with E-state index in [4.69, 9.17) is 33.7 Å². The molecule has 5 N–H and O–H groups in total. The number of para-hydroxylation sites is 1. The van der Waals surface area contributed by atoms with Gasteiger partial charge < -0.3 is 21.1 Å². The smallest absolute Gasteiger partial charge is 0.271 e. The summed E-state index contributed by atoms with van der Waals surface area (Å²) in [7, 11) is 1.47. The van der Waals surface area contributed by atoms with Gasteiger partial charge in [-0.2, -0.15) is 4.98 Å². The number of nitrogens with one attached hydrogen (secondary N) is 3. The van der Waals surface area contributed by atoms with Gasteiger partial charge >= 0.3 is 0 Å². The number of ether oxygens (including phenoxy) is 1. The minimum Gasteiger partial charge on any atom is -0.383 e. The Hall–Kier alpha value is -2.99. The maximum absolute atomic E-state index is 12.6. The van der Waals surface area contributed by atoms with Crippen LogP contribution in [0.3, 0.4) is 0 Å². The number of methoxy groups -OCH3 is 1. The molecule has 0 aliphatic rings. The molecule has 0 fully saturated rings. The van der Waals surface area contributed by atoms with Crippen LogP contribution in [-0.4, -0.2) is 39.4 Å². The van der Waals surface area contributed by atoms with Gasteiger partial charge in [0.05, 0.1) is 16.3 Å². The molecule has 1 aromatic carbocycles. The molecule has 1 amide bonds. The molecule has 13 heteroatoms. The van der Waals surface area contributed by atoms with Gasteiger partial charge in [0, 0.05) is 13.3 Å². The predicted octanol–water partition coefficient (Wildman–Crippen LogP) is 3.54. The Bertz CT molecular complexity index is 1220. The maximum Gasteiger partial charge on any atom is 0.271 e. The van der Waals surface area contributed by atoms with Gasteiger partial charge in [0.25, 0.3) is 11.5 Å². The van der Waals surface area contributed by atoms with Crippen molar-refractivity contribution in [1.82, 2.24) is 14.3 Å². The van der Waals surface area contributed by atoms with Crippen molar-refractivity contribution < 1.29 is 9.53 Å². The van der Waals surface area contributed by atoms with Crippen LogP contribution in [0.25, 0.3) is 0 Å². The molecular formula is C19H19Cl2N7O3S. The fourth-order valence-corrected chi connectivity index (χ4v) is 3.80. The summed E-state index contributed by atoms with van der Waals surface area (Å²) in [5.74, 6) is -0.471. The topological polar surface area (TPSA) is 147 Å². The third kappa shape index (κ3) is 5.25. The Balaban J connectivity index is 1.83. The summed E-state index contributed by atoms with van der Waals surface area (Å²) in [6.45, 7) is 3.49. The zero-order valence-electron chi connectivity index (χ0n) is 17.2. The molecule has 0 saturated carbocycles. The summed E-state index contributed by atoms with van der Waals surface area (Å²) >= 11 is 13.4. The van der Waals surface area contributed by atoms with E-state index in [1.54, 1.807) is 19.1 Å². The number of nitrogens with two attached hydrogens (primary N) is 1. The molecule has 2 aromatic heterocycles. The third-order valence-corrected chi connectivity index (χ3v) is 5.69. The molecule has 10 nitrogen and oxygen atoms in total. The van der Waals surface area contributed by atoms with Crippen LogP contribution in [0.2, 0.25) is 10.2 Å². The monoisotopic (exact) mass is 495 g/mol. The van der Waals surface area contributed by atoms with E-state index >= 15 is 0 Å². The third-order valence-electron chi connectivity index (χ3n) is 4.29. The number of H-pyrrole nitrogens is 1. The highest BCUT2D eigenvalue weighted by atomic mass is 35.5. The van der Waals surface area contributed by atoms with Crippen molar-refractivity contribution in [3.63, 3.8) is 0 Å². The molecule has 0 saturated heterocycles. The van der Waals surface area contributed by atoms with Crippen molar-refractivity contribution in [2.24, 2.45) is 10.7 Å². The van der Waals surface area contributed by atoms with Gasteiger partial charge in [0.1, 0.15) is 27.8 Å². The average molecular weight is 496 g/mol. The summed E-state index contributed by atoms with van der Waals surface area (Å²) in [6.07, 6.45) is 0.728. The predicted molar refractivity (Wildman–Crippen MR) is 127 cm³/mol. The summed E-state index contributed by atoms with van der Waals surface area (Å²) in [5, 5.41) is 6.21. The molecular weight excluding hydrogens is 477 g/mol. The number of carbonyl (C=O) groups excluding carboxylic acids is 1. The van der Waals surface area contributed by atoms with Crippen LogP contribution in [0.5, 0.6) is 0 Å². The first-order valence-corrected chi connectivity index (χ1v) is 10.7. The lowest BCUT2D eigenvalue weighted by Crippen LogP contribution is -2.24. The van der Waals surface area contributed by atoms with Crippen LogP contribution in [-0.2, 0) is 4.74 Å². The van der Waals surface area contributed by atoms with E-state index in [9.17, 15) is 9.59 Å². The first kappa shape index (κ1) is 23.7. The zero-order chi connectivity index (χ0) is 23.4. The number of aromatic amines is 1. The number of hydrogen-bond donors (Lipinski definition) is 4. The Morgan fingerprint density at radius 1 is 1.38 bits per heavy atom. The van der Waals surface area contributed by atoms with Crippen molar-refractivity contribution >= 4 is 63.1 Å². The molecule has 3 rings (SSSR count). The SMILES string of the molecule is COC(C)N=C(N)c1c(Nc2ncc(C(=O)Nc3c(C)cccc3Cl)c(Cl)n2)s[nH]c1=O. The summed E-state index contributed by atoms with van der Waals surface area (Å²) in [4.78, 5) is 37.1. The van der Waals surface area contributed by atoms with Crippen molar-refractivity contribution in [3.05, 3.63) is 61.6 Å². The second-order valence-corrected chi connectivity index (χ2v) is 8.08. The number of carbonyl (C=O) groups is 1. The summed E-state index contributed by atoms with van der Waals surface area (Å²) < 4.78 is 7.61. The largest absolute Gasteiger partial charge is 0.383 e. The normalized spacial score (nSPS) is 12.5. The Labute approximate surface area is 197 Å². The molecule has 1 atom stereocenters. The van der Waals surface area contributed by atoms with E-state index in [0.29, 0.717) is 15.7 Å². The Morgan fingerprint density at radius 3 is 2.78 bits per heavy atom. The number of amides is 1. The molecule has 3 aromatic rings. The molecule has 0 aliphatic carbocycles. The number of rotatable bonds is 7. The second-order valence-electron chi connectivity index (χ2n) is 6.50. The molecule has 1 unspecified atom stereocenters. The van der Waals surface area contributed by atoms with E-state index in [1.165, 1.54) is 13.3 Å². The maximum atomic E-state index is 12.6. The second kappa shape index (κ2) is 10.1. The number of halogens is 2. The first-order chi connectivity index (χ1) is 15.2. The van der Waals surface area contributed by atoms with E-state index in [0.717, 1.165) is 17.1 Å². The Morgan fingerprint density at radius 2 is 2.12 bits per heavy atom. The number of anilines is 3. The van der Waals surface area contributed by atoms with Crippen LogP contribution in [0.15, 0.2) is 34.2 Å². The van der Waals surface area contributed by atoms with Gasteiger partial charge in [-0.05, 0) is 37.0 Å². The number of benzene rings is 1. The number of hydrogen-bond acceptors (Lipinski definition) is 8. The number of aryl methyl sites for hydroxylation is 1. The van der Waals surface area contributed by atoms with Gasteiger partial charge in [0.15, 0.2) is 0 Å². The van der Waals surface area contributed by atoms with Gasteiger partial charge in [-0.3, -0.25) is 14.0 Å². The molecule has 0 spiro atoms. The highest BCUT2D eigenvalue weighted by Gasteiger charge is 2.19. The van der Waals surface area contributed by atoms with E-state index in [2.05, 4.69) is 30.0 Å². The number of amidine groups is 1. The molecule has 168 valence electrons. The van der Waals surface area contributed by atoms with Crippen molar-refractivity contribution in [2.45, 2.75) is 20.1 Å². The lowest BCUT2D eigenvalue weighted by atomic mass is 10.2. The van der Waals surface area contributed by atoms with Gasteiger partial charge in [-0.25, -0.2) is 9.98 Å². The van der Waals surface area contributed by atoms with Crippen molar-refractivity contribution in [2.75, 3.05) is 17.7 Å². The minimum absolute atomic E-state index is 0.0124. The fraction of sp³-hybridized carbons (Fsp3) is 0.211. The molecule has 0 radical (unpaired) electrons. The molecule has 0 bridgehead atoms. The summed E-state index contributed by atoms with van der Waals surface area (Å²) in [6, 6.07) is 5.26. The van der Waals surface area contributed by atoms with Crippen molar-refractivity contribution in [1.29, 1.82) is 0 Å². The standard InChI is InChI=1S/C19H19Cl2N7O3S/c1-8-5-4-6-11(20)13(8)25-16(29)10-7-23-19(26-14(10)21)27-18-12(17(30)28-32-18)15(22)24-9(2)31-3/h4-7,9H,1-3H3,(H2,22,24)(H,25,29)(H,28,30)(H,23,26,27). The van der Waals surface area contributed by atoms with E-state index < -0.39 is 17.7 Å². The highest BCUT2D eigenvalue weighted by molar-refractivity contribution is 7.10. The minimum atomic E-state index is -0.535. The van der Waals surface area contributed by atoms with Crippen LogP contribution >= 0.6 is 34.7 Å². The van der Waals surface area contributed by atoms with E-state index in [-0.39, 0.29) is 28.1 Å². The highest BCUT2D eigenvalue weighted by Crippen LogP contribution is 2.27. The average Bonchev–Trinajstić information content (AvgIpc) is 3.10. The lowest BCUT2D eigenvalue weighted by Gasteiger charge is -2.11. The molecule has 0 aliphatic heterocycles. The van der Waals surface area contributed by atoms with Crippen LogP contribution in [0.4, 0.5) is 16.6 Å². The quantitative estimate of drug-likeness (QED) is 0.222. The van der Waals surface area contributed by atoms with Crippen molar-refractivity contribution in [3.8, 4) is 0 Å². The Kier molecular flexibility index (Phi) is 7.46. The zero-order valence-corrected chi connectivity index (χ0v) is 19.5. The van der Waals surface area contributed by atoms with Crippen LogP contribution in [0, 0.1) is 6.92 Å². The molecule has 2 heterocycles. The fourth-order valence-electron chi connectivity index (χ4n) is 2.58. The number of aromatic nitrogens is 3. The van der Waals surface area contributed by atoms with Crippen LogP contribution in [0.1, 0.15) is 28.4 Å². The summed E-state index contributed by atoms with van der Waals surface area (Å²) in [5.41, 5.74) is 6.95. The van der Waals surface area contributed by atoms with Gasteiger partial charge in [-0.15, -0.1) is 0 Å². The van der Waals surface area contributed by atoms with Gasteiger partial charge in [-0.1, -0.05) is 35.3 Å².